The Morgan fingerprint density at radius 2 is 1.68 bits per heavy atom. The Labute approximate surface area is 359 Å². The zero-order valence-corrected chi connectivity index (χ0v) is 35.3. The monoisotopic (exact) mass is 856 g/mol. The molecule has 0 bridgehead atoms. The average Bonchev–Trinajstić information content (AvgIpc) is 3.61. The Morgan fingerprint density at radius 3 is 2.47 bits per heavy atom. The highest BCUT2D eigenvalue weighted by atomic mass is 32.2. The minimum Gasteiger partial charge on any atom is -0.474 e. The lowest BCUT2D eigenvalue weighted by molar-refractivity contribution is -0.136. The van der Waals surface area contributed by atoms with E-state index in [-0.39, 0.29) is 24.0 Å². The van der Waals surface area contributed by atoms with E-state index < -0.39 is 22.0 Å². The third kappa shape index (κ3) is 7.80. The van der Waals surface area contributed by atoms with Crippen molar-refractivity contribution < 1.29 is 27.5 Å². The fourth-order valence-electron chi connectivity index (χ4n) is 9.47. The number of carbonyl (C=O) groups is 3. The topological polar surface area (TPSA) is 182 Å². The summed E-state index contributed by atoms with van der Waals surface area (Å²) < 4.78 is 34.5. The highest BCUT2D eigenvalue weighted by Crippen LogP contribution is 2.36. The summed E-state index contributed by atoms with van der Waals surface area (Å²) in [7, 11) is -3.51. The Balaban J connectivity index is 0.707. The maximum atomic E-state index is 13.6. The van der Waals surface area contributed by atoms with Crippen molar-refractivity contribution in [2.24, 2.45) is 0 Å². The normalized spacial score (nSPS) is 20.1. The molecule has 3 aromatic carbocycles. The standard InChI is InChI=1S/C45H48N10O6S/c1-28-37(25-47-43-41(28)46-14-21-61-43)30-4-5-31-24-48-45(50-38(31)23-30)49-33-6-2-29(3-7-33)27-62(59,60)54-15-12-34(13-16-54)52-17-19-53(20-18-52)35-8-9-36-32(22-35)26-55(44(36)58)39-10-11-40(56)51-42(39)57/h2-9,22-25,34,39,46H,10-21,26-27H2,1H3,(H,48,49,50)(H,51,56,57). The fraction of sp³-hybridized carbons (Fsp3) is 0.378. The predicted octanol–water partition coefficient (Wildman–Crippen LogP) is 4.43. The summed E-state index contributed by atoms with van der Waals surface area (Å²) in [5.74, 6) is 0.124. The number of carbonyl (C=O) groups excluding carboxylic acids is 3. The van der Waals surface area contributed by atoms with E-state index in [2.05, 4.69) is 48.7 Å². The molecular weight excluding hydrogens is 809 g/mol. The first-order valence-electron chi connectivity index (χ1n) is 21.3. The second-order valence-electron chi connectivity index (χ2n) is 16.7. The van der Waals surface area contributed by atoms with Gasteiger partial charge in [-0.1, -0.05) is 24.3 Å². The van der Waals surface area contributed by atoms with E-state index in [0.717, 1.165) is 95.8 Å². The van der Waals surface area contributed by atoms with Crippen LogP contribution in [0.5, 0.6) is 5.88 Å². The number of pyridine rings is 1. The largest absolute Gasteiger partial charge is 0.474 e. The van der Waals surface area contributed by atoms with Gasteiger partial charge in [0.15, 0.2) is 0 Å². The van der Waals surface area contributed by atoms with E-state index in [0.29, 0.717) is 61.7 Å². The van der Waals surface area contributed by atoms with Crippen LogP contribution in [0.1, 0.15) is 52.7 Å². The van der Waals surface area contributed by atoms with Crippen LogP contribution in [0.2, 0.25) is 0 Å². The van der Waals surface area contributed by atoms with Crippen molar-refractivity contribution in [2.75, 3.05) is 68.0 Å². The van der Waals surface area contributed by atoms with Crippen LogP contribution in [0.3, 0.4) is 0 Å². The number of nitrogens with zero attached hydrogens (tertiary/aromatic N) is 7. The number of sulfonamides is 1. The highest BCUT2D eigenvalue weighted by molar-refractivity contribution is 7.88. The van der Waals surface area contributed by atoms with Gasteiger partial charge in [-0.15, -0.1) is 0 Å². The number of amides is 3. The van der Waals surface area contributed by atoms with Crippen molar-refractivity contribution >= 4 is 61.7 Å². The molecule has 5 aromatic rings. The number of piperidine rings is 2. The van der Waals surface area contributed by atoms with Crippen molar-refractivity contribution in [3.05, 3.63) is 95.3 Å². The number of ether oxygens (including phenoxy) is 1. The van der Waals surface area contributed by atoms with E-state index in [1.807, 2.05) is 60.8 Å². The van der Waals surface area contributed by atoms with E-state index in [4.69, 9.17) is 9.72 Å². The van der Waals surface area contributed by atoms with Gasteiger partial charge in [-0.3, -0.25) is 24.6 Å². The minimum atomic E-state index is -3.51. The number of fused-ring (bicyclic) bond motifs is 3. The molecule has 0 saturated carbocycles. The van der Waals surface area contributed by atoms with Crippen LogP contribution in [0, 0.1) is 6.92 Å². The molecule has 7 heterocycles. The molecule has 3 fully saturated rings. The van der Waals surface area contributed by atoms with Crippen LogP contribution in [0.25, 0.3) is 22.0 Å². The number of benzene rings is 3. The summed E-state index contributed by atoms with van der Waals surface area (Å²) in [5.41, 5.74) is 8.79. The smallest absolute Gasteiger partial charge is 0.255 e. The van der Waals surface area contributed by atoms with E-state index in [1.54, 1.807) is 15.4 Å². The first kappa shape index (κ1) is 39.9. The number of nitrogens with one attached hydrogen (secondary N) is 3. The first-order chi connectivity index (χ1) is 30.1. The molecule has 0 radical (unpaired) electrons. The molecule has 0 aliphatic carbocycles. The van der Waals surface area contributed by atoms with Crippen LogP contribution in [0.4, 0.5) is 23.0 Å². The molecule has 1 atom stereocenters. The van der Waals surface area contributed by atoms with Crippen LogP contribution in [0.15, 0.2) is 73.1 Å². The van der Waals surface area contributed by atoms with Gasteiger partial charge < -0.3 is 25.2 Å². The molecule has 3 saturated heterocycles. The first-order valence-corrected chi connectivity index (χ1v) is 22.9. The highest BCUT2D eigenvalue weighted by Gasteiger charge is 2.39. The van der Waals surface area contributed by atoms with Gasteiger partial charge in [-0.05, 0) is 84.8 Å². The summed E-state index contributed by atoms with van der Waals surface area (Å²) in [6.07, 6.45) is 5.75. The molecule has 3 amide bonds. The zero-order chi connectivity index (χ0) is 42.5. The van der Waals surface area contributed by atoms with Crippen LogP contribution < -0.4 is 25.6 Å². The molecular formula is C45H48N10O6S. The van der Waals surface area contributed by atoms with Gasteiger partial charge in [-0.25, -0.2) is 27.7 Å². The molecule has 5 aliphatic heterocycles. The third-order valence-electron chi connectivity index (χ3n) is 12.9. The van der Waals surface area contributed by atoms with Crippen molar-refractivity contribution in [3.8, 4) is 17.0 Å². The average molecular weight is 857 g/mol. The fourth-order valence-corrected chi connectivity index (χ4v) is 11.0. The van der Waals surface area contributed by atoms with Gasteiger partial charge in [-0.2, -0.15) is 0 Å². The van der Waals surface area contributed by atoms with Gasteiger partial charge in [0.1, 0.15) is 18.3 Å². The second kappa shape index (κ2) is 16.3. The number of hydrogen-bond acceptors (Lipinski definition) is 13. The number of hydrogen-bond donors (Lipinski definition) is 3. The molecule has 62 heavy (non-hydrogen) atoms. The van der Waals surface area contributed by atoms with Crippen molar-refractivity contribution in [2.45, 2.75) is 57.0 Å². The van der Waals surface area contributed by atoms with E-state index in [9.17, 15) is 22.8 Å². The molecule has 16 nitrogen and oxygen atoms in total. The third-order valence-corrected chi connectivity index (χ3v) is 14.8. The van der Waals surface area contributed by atoms with Gasteiger partial charge in [0.05, 0.1) is 11.3 Å². The Morgan fingerprint density at radius 1 is 0.871 bits per heavy atom. The van der Waals surface area contributed by atoms with E-state index in [1.165, 1.54) is 0 Å². The maximum absolute atomic E-state index is 13.6. The zero-order valence-electron chi connectivity index (χ0n) is 34.5. The lowest BCUT2D eigenvalue weighted by atomic mass is 10.00. The van der Waals surface area contributed by atoms with Crippen molar-refractivity contribution in [1.82, 2.24) is 34.4 Å². The number of rotatable bonds is 9. The van der Waals surface area contributed by atoms with Gasteiger partial charge in [0.25, 0.3) is 5.91 Å². The summed E-state index contributed by atoms with van der Waals surface area (Å²) in [5, 5.41) is 9.94. The van der Waals surface area contributed by atoms with Crippen LogP contribution in [-0.2, 0) is 31.9 Å². The van der Waals surface area contributed by atoms with Crippen LogP contribution in [-0.4, -0.2) is 120 Å². The van der Waals surface area contributed by atoms with E-state index >= 15 is 0 Å². The minimum absolute atomic E-state index is 0.0673. The number of aromatic nitrogens is 3. The molecule has 2 aromatic heterocycles. The van der Waals surface area contributed by atoms with Gasteiger partial charge >= 0.3 is 0 Å². The summed E-state index contributed by atoms with van der Waals surface area (Å²) in [6.45, 7) is 8.09. The van der Waals surface area contributed by atoms with Crippen molar-refractivity contribution in [1.29, 1.82) is 0 Å². The molecule has 17 heteroatoms. The van der Waals surface area contributed by atoms with Gasteiger partial charge in [0.2, 0.25) is 33.7 Å². The van der Waals surface area contributed by atoms with Crippen molar-refractivity contribution in [3.63, 3.8) is 0 Å². The predicted molar refractivity (Wildman–Crippen MR) is 235 cm³/mol. The SMILES string of the molecule is Cc1c(-c2ccc3cnc(Nc4ccc(CS(=O)(=O)N5CCC(N6CCN(c7ccc8c(c7)CN(C7CCC(=O)NC7=O)C8=O)CC6)CC5)cc4)nc3c2)cnc2c1NCCO2. The molecule has 0 spiro atoms. The molecule has 5 aliphatic rings. The molecule has 3 N–H and O–H groups in total. The maximum Gasteiger partial charge on any atom is 0.255 e. The Bertz CT molecular complexity index is 2700. The lowest BCUT2D eigenvalue weighted by Gasteiger charge is -2.43. The summed E-state index contributed by atoms with van der Waals surface area (Å²) in [4.78, 5) is 57.5. The molecule has 1 unspecified atom stereocenters. The summed E-state index contributed by atoms with van der Waals surface area (Å²) >= 11 is 0. The van der Waals surface area contributed by atoms with Gasteiger partial charge in [0, 0.05) is 105 Å². The number of anilines is 4. The number of piperazine rings is 1. The second-order valence-corrected chi connectivity index (χ2v) is 18.7. The quantitative estimate of drug-likeness (QED) is 0.177. The van der Waals surface area contributed by atoms with Crippen LogP contribution >= 0.6 is 0 Å². The Kier molecular flexibility index (Phi) is 10.5. The molecule has 320 valence electrons. The lowest BCUT2D eigenvalue weighted by Crippen LogP contribution is -2.53. The summed E-state index contributed by atoms with van der Waals surface area (Å²) in [6, 6.07) is 19.0. The number of imide groups is 1. The Hall–Kier alpha value is -6.17. The molecule has 10 rings (SSSR count).